The minimum Gasteiger partial charge on any atom is -0.345 e. The van der Waals surface area contributed by atoms with Crippen LogP contribution >= 0.6 is 11.6 Å². The number of halogens is 1. The molecule has 0 heterocycles. The lowest BCUT2D eigenvalue weighted by molar-refractivity contribution is 0.0935. The largest absolute Gasteiger partial charge is 0.345 e. The number of nitrogens with one attached hydrogen (secondary N) is 1. The molecule has 0 spiro atoms. The van der Waals surface area contributed by atoms with Crippen molar-refractivity contribution in [2.45, 2.75) is 31.2 Å². The molecule has 0 unspecified atom stereocenters. The minimum atomic E-state index is -3.99. The molecule has 2 aromatic rings. The van der Waals surface area contributed by atoms with E-state index in [4.69, 9.17) is 16.7 Å². The number of carbonyl (C=O) groups excluding carboxylic acids is 1. The van der Waals surface area contributed by atoms with Crippen LogP contribution < -0.4 is 10.5 Å². The predicted octanol–water partition coefficient (Wildman–Crippen LogP) is 3.18. The Hall–Kier alpha value is -1.89. The first-order valence-electron chi connectivity index (χ1n) is 7.42. The average molecular weight is 367 g/mol. The molecule has 0 aromatic heterocycles. The lowest BCUT2D eigenvalue weighted by atomic mass is 10.0. The van der Waals surface area contributed by atoms with Crippen LogP contribution in [0, 0.1) is 6.92 Å². The second kappa shape index (κ2) is 7.34. The molecule has 0 radical (unpaired) electrons. The second-order valence-electron chi connectivity index (χ2n) is 5.54. The van der Waals surface area contributed by atoms with Crippen molar-refractivity contribution in [3.8, 4) is 0 Å². The molecule has 5 nitrogen and oxygen atoms in total. The number of rotatable bonds is 5. The normalized spacial score (nSPS) is 12.7. The van der Waals surface area contributed by atoms with Crippen LogP contribution in [0.4, 0.5) is 0 Å². The molecule has 1 amide bonds. The molecule has 0 fully saturated rings. The highest BCUT2D eigenvalue weighted by Gasteiger charge is 2.18. The summed E-state index contributed by atoms with van der Waals surface area (Å²) in [6, 6.07) is 11.7. The van der Waals surface area contributed by atoms with Crippen molar-refractivity contribution in [2.75, 3.05) is 0 Å². The van der Waals surface area contributed by atoms with Gasteiger partial charge in [-0.3, -0.25) is 4.79 Å². The maximum Gasteiger partial charge on any atom is 0.251 e. The van der Waals surface area contributed by atoms with Crippen molar-refractivity contribution in [3.63, 3.8) is 0 Å². The molecule has 1 atom stereocenters. The third-order valence-electron chi connectivity index (χ3n) is 3.69. The first-order chi connectivity index (χ1) is 11.2. The van der Waals surface area contributed by atoms with Gasteiger partial charge in [-0.1, -0.05) is 48.4 Å². The van der Waals surface area contributed by atoms with E-state index in [1.807, 2.05) is 38.1 Å². The number of carbonyl (C=O) groups is 1. The van der Waals surface area contributed by atoms with E-state index in [1.165, 1.54) is 18.2 Å². The molecule has 0 aliphatic carbocycles. The maximum absolute atomic E-state index is 12.5. The monoisotopic (exact) mass is 366 g/mol. The van der Waals surface area contributed by atoms with Gasteiger partial charge < -0.3 is 5.32 Å². The Kier molecular flexibility index (Phi) is 5.64. The molecule has 3 N–H and O–H groups in total. The van der Waals surface area contributed by atoms with Crippen molar-refractivity contribution in [3.05, 3.63) is 64.2 Å². The number of primary sulfonamides is 1. The molecule has 0 saturated carbocycles. The highest BCUT2D eigenvalue weighted by atomic mass is 35.5. The lowest BCUT2D eigenvalue weighted by Gasteiger charge is -2.18. The second-order valence-corrected chi connectivity index (χ2v) is 7.47. The summed E-state index contributed by atoms with van der Waals surface area (Å²) in [5, 5.41) is 8.00. The van der Waals surface area contributed by atoms with Gasteiger partial charge in [0.05, 0.1) is 11.1 Å². The molecule has 0 aliphatic rings. The highest BCUT2D eigenvalue weighted by molar-refractivity contribution is 7.89. The standard InChI is InChI=1S/C17H19ClN2O3S/c1-3-15(12-6-4-11(2)5-7-12)20-17(21)13-8-9-14(18)16(10-13)24(19,22)23/h4-10,15H,3H2,1-2H3,(H,20,21)(H2,19,22,23)/t15-/m1/s1. The van der Waals surface area contributed by atoms with Gasteiger partial charge in [0, 0.05) is 5.56 Å². The SMILES string of the molecule is CC[C@@H](NC(=O)c1ccc(Cl)c(S(N)(=O)=O)c1)c1ccc(C)cc1. The first kappa shape index (κ1) is 18.4. The minimum absolute atomic E-state index is 0.0142. The third-order valence-corrected chi connectivity index (χ3v) is 5.09. The third kappa shape index (κ3) is 4.35. The fourth-order valence-electron chi connectivity index (χ4n) is 2.32. The van der Waals surface area contributed by atoms with Crippen molar-refractivity contribution in [2.24, 2.45) is 5.14 Å². The van der Waals surface area contributed by atoms with Crippen molar-refractivity contribution >= 4 is 27.5 Å². The van der Waals surface area contributed by atoms with E-state index in [-0.39, 0.29) is 27.4 Å². The quantitative estimate of drug-likeness (QED) is 0.851. The van der Waals surface area contributed by atoms with Gasteiger partial charge in [0.25, 0.3) is 5.91 Å². The topological polar surface area (TPSA) is 89.3 Å². The molecule has 0 saturated heterocycles. The van der Waals surface area contributed by atoms with E-state index < -0.39 is 10.0 Å². The molecule has 0 aliphatic heterocycles. The van der Waals surface area contributed by atoms with Gasteiger partial charge in [0.1, 0.15) is 4.90 Å². The fourth-order valence-corrected chi connectivity index (χ4v) is 3.40. The van der Waals surface area contributed by atoms with Gasteiger partial charge in [-0.2, -0.15) is 0 Å². The number of hydrogen-bond donors (Lipinski definition) is 2. The Morgan fingerprint density at radius 2 is 1.83 bits per heavy atom. The van der Waals surface area contributed by atoms with Crippen molar-refractivity contribution in [1.29, 1.82) is 0 Å². The summed E-state index contributed by atoms with van der Waals surface area (Å²) in [6.45, 7) is 3.95. The Labute approximate surface area is 146 Å². The Balaban J connectivity index is 2.27. The van der Waals surface area contributed by atoms with Crippen LogP contribution in [0.5, 0.6) is 0 Å². The smallest absolute Gasteiger partial charge is 0.251 e. The molecule has 24 heavy (non-hydrogen) atoms. The Bertz CT molecular complexity index is 849. The number of hydrogen-bond acceptors (Lipinski definition) is 3. The Morgan fingerprint density at radius 1 is 1.21 bits per heavy atom. The Morgan fingerprint density at radius 3 is 2.38 bits per heavy atom. The molecule has 0 bridgehead atoms. The lowest BCUT2D eigenvalue weighted by Crippen LogP contribution is -2.28. The zero-order chi connectivity index (χ0) is 17.9. The van der Waals surface area contributed by atoms with Crippen LogP contribution in [-0.2, 0) is 10.0 Å². The molecule has 2 aromatic carbocycles. The van der Waals surface area contributed by atoms with Crippen molar-refractivity contribution in [1.82, 2.24) is 5.32 Å². The molecule has 2 rings (SSSR count). The van der Waals surface area contributed by atoms with Crippen LogP contribution in [-0.4, -0.2) is 14.3 Å². The molecule has 128 valence electrons. The highest BCUT2D eigenvalue weighted by Crippen LogP contribution is 2.23. The zero-order valence-corrected chi connectivity index (χ0v) is 15.0. The number of aryl methyl sites for hydroxylation is 1. The summed E-state index contributed by atoms with van der Waals surface area (Å²) in [6.07, 6.45) is 0.699. The van der Waals surface area contributed by atoms with Crippen molar-refractivity contribution < 1.29 is 13.2 Å². The van der Waals surface area contributed by atoms with E-state index in [0.29, 0.717) is 6.42 Å². The molecular weight excluding hydrogens is 348 g/mol. The van der Waals surface area contributed by atoms with Gasteiger partial charge in [0.15, 0.2) is 0 Å². The van der Waals surface area contributed by atoms with E-state index in [0.717, 1.165) is 11.1 Å². The van der Waals surface area contributed by atoms with Gasteiger partial charge >= 0.3 is 0 Å². The number of amides is 1. The van der Waals surface area contributed by atoms with Gasteiger partial charge in [-0.05, 0) is 37.1 Å². The average Bonchev–Trinajstić information content (AvgIpc) is 2.52. The van der Waals surface area contributed by atoms with Crippen LogP contribution in [0.15, 0.2) is 47.4 Å². The summed E-state index contributed by atoms with van der Waals surface area (Å²) >= 11 is 5.84. The summed E-state index contributed by atoms with van der Waals surface area (Å²) in [5.41, 5.74) is 2.31. The van der Waals surface area contributed by atoms with Gasteiger partial charge in [-0.15, -0.1) is 0 Å². The number of nitrogens with two attached hydrogens (primary N) is 1. The summed E-state index contributed by atoms with van der Waals surface area (Å²) in [5.74, 6) is -0.385. The summed E-state index contributed by atoms with van der Waals surface area (Å²) in [7, 11) is -3.99. The molecular formula is C17H19ClN2O3S. The summed E-state index contributed by atoms with van der Waals surface area (Å²) < 4.78 is 23.0. The zero-order valence-electron chi connectivity index (χ0n) is 13.4. The van der Waals surface area contributed by atoms with Crippen LogP contribution in [0.25, 0.3) is 0 Å². The van der Waals surface area contributed by atoms with Crippen LogP contribution in [0.1, 0.15) is 40.9 Å². The van der Waals surface area contributed by atoms with E-state index in [1.54, 1.807) is 0 Å². The predicted molar refractivity (Wildman–Crippen MR) is 94.5 cm³/mol. The van der Waals surface area contributed by atoms with Crippen LogP contribution in [0.3, 0.4) is 0 Å². The summed E-state index contributed by atoms with van der Waals surface area (Å²) in [4.78, 5) is 12.2. The van der Waals surface area contributed by atoms with E-state index >= 15 is 0 Å². The number of sulfonamides is 1. The first-order valence-corrected chi connectivity index (χ1v) is 9.34. The fraction of sp³-hybridized carbons (Fsp3) is 0.235. The van der Waals surface area contributed by atoms with Gasteiger partial charge in [0.2, 0.25) is 10.0 Å². The maximum atomic E-state index is 12.5. The number of benzene rings is 2. The van der Waals surface area contributed by atoms with Crippen LogP contribution in [0.2, 0.25) is 5.02 Å². The molecule has 7 heteroatoms. The van der Waals surface area contributed by atoms with E-state index in [2.05, 4.69) is 5.32 Å². The van der Waals surface area contributed by atoms with E-state index in [9.17, 15) is 13.2 Å². The van der Waals surface area contributed by atoms with Gasteiger partial charge in [-0.25, -0.2) is 13.6 Å².